The van der Waals surface area contributed by atoms with Crippen LogP contribution in [0.5, 0.6) is 5.75 Å². The van der Waals surface area contributed by atoms with E-state index in [9.17, 15) is 0 Å². The van der Waals surface area contributed by atoms with Crippen LogP contribution < -0.4 is 4.74 Å². The van der Waals surface area contributed by atoms with Crippen molar-refractivity contribution in [3.63, 3.8) is 0 Å². The minimum atomic E-state index is -0.0477. The summed E-state index contributed by atoms with van der Waals surface area (Å²) < 4.78 is 5.18. The highest BCUT2D eigenvalue weighted by Crippen LogP contribution is 2.26. The summed E-state index contributed by atoms with van der Waals surface area (Å²) in [6, 6.07) is 8.05. The van der Waals surface area contributed by atoms with Crippen molar-refractivity contribution >= 4 is 11.6 Å². The number of allylic oxidation sites excluding steroid dienone is 1. The van der Waals surface area contributed by atoms with Crippen LogP contribution in [0.15, 0.2) is 36.9 Å². The van der Waals surface area contributed by atoms with E-state index in [4.69, 9.17) is 16.3 Å². The standard InChI is InChI=1S/C13H17ClO/c1-4-13(2,10-14)9-11-6-5-7-12(8-11)15-3/h4-8H,1,9-10H2,2-3H3. The Bertz CT molecular complexity index is 335. The molecule has 0 spiro atoms. The van der Waals surface area contributed by atoms with Crippen LogP contribution in [0.25, 0.3) is 0 Å². The van der Waals surface area contributed by atoms with Crippen molar-refractivity contribution in [3.8, 4) is 5.75 Å². The van der Waals surface area contributed by atoms with Gasteiger partial charge >= 0.3 is 0 Å². The molecule has 0 bridgehead atoms. The normalized spacial score (nSPS) is 14.3. The Morgan fingerprint density at radius 2 is 2.27 bits per heavy atom. The molecule has 0 saturated heterocycles. The molecule has 0 radical (unpaired) electrons. The highest BCUT2D eigenvalue weighted by atomic mass is 35.5. The number of benzene rings is 1. The van der Waals surface area contributed by atoms with Gasteiger partial charge in [0.2, 0.25) is 0 Å². The first-order chi connectivity index (χ1) is 7.13. The van der Waals surface area contributed by atoms with Crippen LogP contribution in [0.2, 0.25) is 0 Å². The molecule has 0 aromatic heterocycles. The first kappa shape index (κ1) is 12.1. The quantitative estimate of drug-likeness (QED) is 0.548. The van der Waals surface area contributed by atoms with Crippen molar-refractivity contribution < 1.29 is 4.74 Å². The molecule has 0 aliphatic heterocycles. The number of hydrogen-bond acceptors (Lipinski definition) is 1. The Labute approximate surface area is 96.7 Å². The Hall–Kier alpha value is -0.950. The molecule has 15 heavy (non-hydrogen) atoms. The highest BCUT2D eigenvalue weighted by Gasteiger charge is 2.19. The van der Waals surface area contributed by atoms with E-state index in [0.717, 1.165) is 12.2 Å². The SMILES string of the molecule is C=CC(C)(CCl)Cc1cccc(OC)c1. The Morgan fingerprint density at radius 1 is 1.53 bits per heavy atom. The van der Waals surface area contributed by atoms with E-state index < -0.39 is 0 Å². The summed E-state index contributed by atoms with van der Waals surface area (Å²) in [5.41, 5.74) is 1.17. The Balaban J connectivity index is 2.83. The zero-order valence-corrected chi connectivity index (χ0v) is 10.1. The molecule has 0 fully saturated rings. The lowest BCUT2D eigenvalue weighted by Crippen LogP contribution is -2.18. The summed E-state index contributed by atoms with van der Waals surface area (Å²) in [4.78, 5) is 0. The molecule has 2 heteroatoms. The fraction of sp³-hybridized carbons (Fsp3) is 0.385. The number of ether oxygens (including phenoxy) is 1. The molecule has 0 aliphatic carbocycles. The molecule has 1 nitrogen and oxygen atoms in total. The minimum Gasteiger partial charge on any atom is -0.497 e. The molecular weight excluding hydrogens is 208 g/mol. The molecule has 0 aliphatic rings. The van der Waals surface area contributed by atoms with E-state index in [0.29, 0.717) is 5.88 Å². The number of alkyl halides is 1. The molecule has 0 N–H and O–H groups in total. The van der Waals surface area contributed by atoms with Gasteiger partial charge in [0.25, 0.3) is 0 Å². The molecule has 82 valence electrons. The number of hydrogen-bond donors (Lipinski definition) is 0. The number of methoxy groups -OCH3 is 1. The van der Waals surface area contributed by atoms with Gasteiger partial charge in [0.1, 0.15) is 5.75 Å². The van der Waals surface area contributed by atoms with Gasteiger partial charge in [0, 0.05) is 11.3 Å². The molecule has 0 saturated carbocycles. The molecule has 1 atom stereocenters. The maximum absolute atomic E-state index is 5.93. The van der Waals surface area contributed by atoms with Gasteiger partial charge in [-0.05, 0) is 24.1 Å². The maximum Gasteiger partial charge on any atom is 0.119 e. The van der Waals surface area contributed by atoms with E-state index >= 15 is 0 Å². The van der Waals surface area contributed by atoms with Crippen molar-refractivity contribution in [2.75, 3.05) is 13.0 Å². The largest absolute Gasteiger partial charge is 0.497 e. The van der Waals surface area contributed by atoms with Gasteiger partial charge in [-0.25, -0.2) is 0 Å². The average molecular weight is 225 g/mol. The summed E-state index contributed by atoms with van der Waals surface area (Å²) in [5, 5.41) is 0. The van der Waals surface area contributed by atoms with Crippen LogP contribution in [0.1, 0.15) is 12.5 Å². The summed E-state index contributed by atoms with van der Waals surface area (Å²) >= 11 is 5.93. The molecule has 1 rings (SSSR count). The van der Waals surface area contributed by atoms with E-state index in [2.05, 4.69) is 19.6 Å². The van der Waals surface area contributed by atoms with E-state index in [1.807, 2.05) is 24.3 Å². The molecule has 0 heterocycles. The van der Waals surface area contributed by atoms with Gasteiger partial charge in [-0.3, -0.25) is 0 Å². The summed E-state index contributed by atoms with van der Waals surface area (Å²) in [6.07, 6.45) is 2.80. The van der Waals surface area contributed by atoms with Crippen LogP contribution in [0, 0.1) is 5.41 Å². The molecule has 1 unspecified atom stereocenters. The molecule has 0 amide bonds. The van der Waals surface area contributed by atoms with Crippen molar-refractivity contribution in [3.05, 3.63) is 42.5 Å². The molecule has 1 aromatic carbocycles. The zero-order valence-electron chi connectivity index (χ0n) is 9.29. The predicted molar refractivity (Wildman–Crippen MR) is 65.7 cm³/mol. The zero-order chi connectivity index (χ0) is 11.3. The third kappa shape index (κ3) is 3.28. The van der Waals surface area contributed by atoms with Gasteiger partial charge in [-0.1, -0.05) is 25.1 Å². The average Bonchev–Trinajstić information content (AvgIpc) is 2.29. The van der Waals surface area contributed by atoms with Crippen LogP contribution >= 0.6 is 11.6 Å². The van der Waals surface area contributed by atoms with Crippen LogP contribution in [-0.2, 0) is 6.42 Å². The van der Waals surface area contributed by atoms with E-state index in [1.165, 1.54) is 5.56 Å². The van der Waals surface area contributed by atoms with Crippen molar-refractivity contribution in [1.29, 1.82) is 0 Å². The monoisotopic (exact) mass is 224 g/mol. The molecule has 1 aromatic rings. The van der Waals surface area contributed by atoms with Crippen molar-refractivity contribution in [2.45, 2.75) is 13.3 Å². The lowest BCUT2D eigenvalue weighted by molar-refractivity contribution is 0.412. The van der Waals surface area contributed by atoms with Gasteiger partial charge in [0.15, 0.2) is 0 Å². The second-order valence-electron chi connectivity index (χ2n) is 4.02. The predicted octanol–water partition coefficient (Wildman–Crippen LogP) is 3.67. The Kier molecular flexibility index (Phi) is 4.22. The summed E-state index contributed by atoms with van der Waals surface area (Å²) in [7, 11) is 1.67. The van der Waals surface area contributed by atoms with Gasteiger partial charge in [-0.15, -0.1) is 18.2 Å². The fourth-order valence-electron chi connectivity index (χ4n) is 1.42. The number of rotatable bonds is 5. The second kappa shape index (κ2) is 5.22. The van der Waals surface area contributed by atoms with E-state index in [-0.39, 0.29) is 5.41 Å². The third-order valence-corrected chi connectivity index (χ3v) is 3.15. The lowest BCUT2D eigenvalue weighted by Gasteiger charge is -2.22. The first-order valence-electron chi connectivity index (χ1n) is 4.96. The minimum absolute atomic E-state index is 0.0477. The van der Waals surface area contributed by atoms with Gasteiger partial charge in [0.05, 0.1) is 7.11 Å². The van der Waals surface area contributed by atoms with Crippen molar-refractivity contribution in [2.24, 2.45) is 5.41 Å². The fourth-order valence-corrected chi connectivity index (χ4v) is 1.63. The van der Waals surface area contributed by atoms with Gasteiger partial charge < -0.3 is 4.74 Å². The second-order valence-corrected chi connectivity index (χ2v) is 4.29. The topological polar surface area (TPSA) is 9.23 Å². The van der Waals surface area contributed by atoms with Gasteiger partial charge in [-0.2, -0.15) is 0 Å². The van der Waals surface area contributed by atoms with Crippen LogP contribution in [0.3, 0.4) is 0 Å². The highest BCUT2D eigenvalue weighted by molar-refractivity contribution is 6.18. The van der Waals surface area contributed by atoms with E-state index in [1.54, 1.807) is 7.11 Å². The van der Waals surface area contributed by atoms with Crippen LogP contribution in [-0.4, -0.2) is 13.0 Å². The first-order valence-corrected chi connectivity index (χ1v) is 5.49. The smallest absolute Gasteiger partial charge is 0.119 e. The summed E-state index contributed by atoms with van der Waals surface area (Å²) in [6.45, 7) is 5.93. The maximum atomic E-state index is 5.93. The van der Waals surface area contributed by atoms with Crippen molar-refractivity contribution in [1.82, 2.24) is 0 Å². The third-order valence-electron chi connectivity index (χ3n) is 2.54. The van der Waals surface area contributed by atoms with Crippen LogP contribution in [0.4, 0.5) is 0 Å². The number of halogens is 1. The summed E-state index contributed by atoms with van der Waals surface area (Å²) in [5.74, 6) is 1.46. The molecular formula is C13H17ClO. The lowest BCUT2D eigenvalue weighted by atomic mass is 9.86. The Morgan fingerprint density at radius 3 is 2.80 bits per heavy atom.